The molecule has 4 rings (SSSR count). The minimum Gasteiger partial charge on any atom is -0.481 e. The number of tetrazole rings is 1. The molecule has 2 aromatic heterocycles. The van der Waals surface area contributed by atoms with Crippen LogP contribution in [0.1, 0.15) is 58.2 Å². The lowest BCUT2D eigenvalue weighted by Gasteiger charge is -2.20. The van der Waals surface area contributed by atoms with E-state index < -0.39 is 5.97 Å². The van der Waals surface area contributed by atoms with Gasteiger partial charge in [-0.3, -0.25) is 4.79 Å². The second-order valence-corrected chi connectivity index (χ2v) is 10.1. The Morgan fingerprint density at radius 2 is 1.61 bits per heavy atom. The minimum absolute atomic E-state index is 0.161. The van der Waals surface area contributed by atoms with E-state index in [9.17, 15) is 4.79 Å². The number of aromatic nitrogens is 5. The molecule has 38 heavy (non-hydrogen) atoms. The predicted molar refractivity (Wildman–Crippen MR) is 147 cm³/mol. The molecule has 0 aliphatic carbocycles. The van der Waals surface area contributed by atoms with Crippen molar-refractivity contribution in [2.24, 2.45) is 0 Å². The maximum Gasteiger partial charge on any atom is 0.303 e. The SMILES string of the molecule is CC(C)(CCCCOc1cc(-c2ccccc2)cc(-c2ccccc2)n1)c1nnn(CCCCC(=O)O)n1. The largest absolute Gasteiger partial charge is 0.481 e. The molecular weight excluding hydrogens is 478 g/mol. The molecule has 2 aromatic carbocycles. The van der Waals surface area contributed by atoms with Gasteiger partial charge in [0.1, 0.15) is 0 Å². The maximum atomic E-state index is 10.7. The zero-order valence-corrected chi connectivity index (χ0v) is 22.1. The van der Waals surface area contributed by atoms with Crippen LogP contribution in [-0.2, 0) is 16.8 Å². The summed E-state index contributed by atoms with van der Waals surface area (Å²) in [6, 6.07) is 24.5. The lowest BCUT2D eigenvalue weighted by molar-refractivity contribution is -0.137. The zero-order valence-electron chi connectivity index (χ0n) is 22.1. The van der Waals surface area contributed by atoms with Gasteiger partial charge in [-0.15, -0.1) is 10.2 Å². The molecule has 0 saturated heterocycles. The molecule has 0 spiro atoms. The molecule has 198 valence electrons. The molecule has 0 saturated carbocycles. The van der Waals surface area contributed by atoms with Gasteiger partial charge in [-0.2, -0.15) is 4.80 Å². The lowest BCUT2D eigenvalue weighted by Crippen LogP contribution is -2.20. The van der Waals surface area contributed by atoms with Crippen molar-refractivity contribution in [2.45, 2.75) is 64.3 Å². The molecule has 1 N–H and O–H groups in total. The van der Waals surface area contributed by atoms with Crippen LogP contribution >= 0.6 is 0 Å². The maximum absolute atomic E-state index is 10.7. The Morgan fingerprint density at radius 3 is 2.32 bits per heavy atom. The average Bonchev–Trinajstić information content (AvgIpc) is 3.42. The first kappa shape index (κ1) is 27.0. The van der Waals surface area contributed by atoms with Gasteiger partial charge in [0, 0.05) is 23.5 Å². The first-order valence-corrected chi connectivity index (χ1v) is 13.2. The van der Waals surface area contributed by atoms with Crippen molar-refractivity contribution >= 4 is 5.97 Å². The number of carboxylic acid groups (broad SMARTS) is 1. The summed E-state index contributed by atoms with van der Waals surface area (Å²) in [5.41, 5.74) is 3.93. The molecule has 0 radical (unpaired) electrons. The van der Waals surface area contributed by atoms with Gasteiger partial charge in [0.15, 0.2) is 5.82 Å². The summed E-state index contributed by atoms with van der Waals surface area (Å²) in [5.74, 6) is 0.553. The molecule has 0 atom stereocenters. The van der Waals surface area contributed by atoms with E-state index >= 15 is 0 Å². The molecule has 0 aliphatic rings. The van der Waals surface area contributed by atoms with Crippen LogP contribution in [0.2, 0.25) is 0 Å². The average molecular weight is 514 g/mol. The van der Waals surface area contributed by atoms with Crippen molar-refractivity contribution in [3.05, 3.63) is 78.6 Å². The molecule has 4 aromatic rings. The Bertz CT molecular complexity index is 1250. The summed E-state index contributed by atoms with van der Waals surface area (Å²) in [7, 11) is 0. The quantitative estimate of drug-likeness (QED) is 0.201. The molecule has 2 heterocycles. The molecular formula is C30H35N5O3. The Labute approximate surface area is 223 Å². The Morgan fingerprint density at radius 1 is 0.895 bits per heavy atom. The second kappa shape index (κ2) is 12.9. The number of benzene rings is 2. The van der Waals surface area contributed by atoms with Crippen molar-refractivity contribution in [1.29, 1.82) is 0 Å². The van der Waals surface area contributed by atoms with Crippen LogP contribution in [0, 0.1) is 0 Å². The van der Waals surface area contributed by atoms with Crippen LogP contribution in [-0.4, -0.2) is 42.9 Å². The van der Waals surface area contributed by atoms with Gasteiger partial charge >= 0.3 is 5.97 Å². The van der Waals surface area contributed by atoms with E-state index in [1.807, 2.05) is 42.5 Å². The van der Waals surface area contributed by atoms with Crippen LogP contribution < -0.4 is 4.74 Å². The van der Waals surface area contributed by atoms with Crippen LogP contribution in [0.15, 0.2) is 72.8 Å². The van der Waals surface area contributed by atoms with Gasteiger partial charge in [0.25, 0.3) is 0 Å². The van der Waals surface area contributed by atoms with E-state index in [0.717, 1.165) is 41.6 Å². The Hall–Kier alpha value is -4.07. The number of aryl methyl sites for hydroxylation is 1. The van der Waals surface area contributed by atoms with Gasteiger partial charge in [0.05, 0.1) is 18.8 Å². The molecule has 0 fully saturated rings. The number of hydrogen-bond donors (Lipinski definition) is 1. The third kappa shape index (κ3) is 7.71. The van der Waals surface area contributed by atoms with Gasteiger partial charge in [-0.25, -0.2) is 4.98 Å². The number of carbonyl (C=O) groups is 1. The van der Waals surface area contributed by atoms with Crippen molar-refractivity contribution in [3.8, 4) is 28.3 Å². The lowest BCUT2D eigenvalue weighted by atomic mass is 9.86. The van der Waals surface area contributed by atoms with Gasteiger partial charge in [-0.1, -0.05) is 74.5 Å². The van der Waals surface area contributed by atoms with Gasteiger partial charge in [-0.05, 0) is 54.5 Å². The summed E-state index contributed by atoms with van der Waals surface area (Å²) in [5, 5.41) is 21.7. The van der Waals surface area contributed by atoms with Crippen molar-refractivity contribution in [1.82, 2.24) is 25.2 Å². The third-order valence-corrected chi connectivity index (χ3v) is 6.48. The third-order valence-electron chi connectivity index (χ3n) is 6.48. The summed E-state index contributed by atoms with van der Waals surface area (Å²) in [4.78, 5) is 17.0. The summed E-state index contributed by atoms with van der Waals surface area (Å²) in [6.07, 6.45) is 4.20. The van der Waals surface area contributed by atoms with Gasteiger partial charge in [0.2, 0.25) is 5.88 Å². The number of carboxylic acids is 1. The first-order chi connectivity index (χ1) is 18.4. The van der Waals surface area contributed by atoms with E-state index in [-0.39, 0.29) is 11.8 Å². The van der Waals surface area contributed by atoms with E-state index in [1.54, 1.807) is 4.80 Å². The van der Waals surface area contributed by atoms with E-state index in [4.69, 9.17) is 14.8 Å². The highest BCUT2D eigenvalue weighted by molar-refractivity contribution is 5.71. The zero-order chi connectivity index (χ0) is 26.8. The fraction of sp³-hybridized carbons (Fsp3) is 0.367. The van der Waals surface area contributed by atoms with Crippen molar-refractivity contribution in [2.75, 3.05) is 6.61 Å². The van der Waals surface area contributed by atoms with Crippen LogP contribution in [0.5, 0.6) is 5.88 Å². The Kier molecular flexibility index (Phi) is 9.19. The fourth-order valence-corrected chi connectivity index (χ4v) is 4.23. The molecule has 0 amide bonds. The van der Waals surface area contributed by atoms with E-state index in [1.165, 1.54) is 0 Å². The second-order valence-electron chi connectivity index (χ2n) is 10.1. The smallest absolute Gasteiger partial charge is 0.303 e. The standard InChI is InChI=1S/C30H35N5O3/c1-30(2,29-32-34-35(33-29)19-11-9-17-28(36)37)18-10-12-20-38-27-22-25(23-13-5-3-6-14-23)21-26(31-27)24-15-7-4-8-16-24/h3-8,13-16,21-22H,9-12,17-20H2,1-2H3,(H,36,37). The highest BCUT2D eigenvalue weighted by Gasteiger charge is 2.25. The number of pyridine rings is 1. The predicted octanol–water partition coefficient (Wildman–Crippen LogP) is 6.18. The highest BCUT2D eigenvalue weighted by Crippen LogP contribution is 2.29. The first-order valence-electron chi connectivity index (χ1n) is 13.2. The minimum atomic E-state index is -0.779. The number of aliphatic carboxylic acids is 1. The van der Waals surface area contributed by atoms with Crippen LogP contribution in [0.25, 0.3) is 22.4 Å². The Balaban J connectivity index is 1.31. The number of rotatable bonds is 14. The van der Waals surface area contributed by atoms with Crippen LogP contribution in [0.3, 0.4) is 0 Å². The highest BCUT2D eigenvalue weighted by atomic mass is 16.5. The van der Waals surface area contributed by atoms with Crippen LogP contribution in [0.4, 0.5) is 0 Å². The topological polar surface area (TPSA) is 103 Å². The molecule has 8 heteroatoms. The number of hydrogen-bond acceptors (Lipinski definition) is 6. The summed E-state index contributed by atoms with van der Waals surface area (Å²) < 4.78 is 6.13. The number of nitrogens with zero attached hydrogens (tertiary/aromatic N) is 5. The fourth-order valence-electron chi connectivity index (χ4n) is 4.23. The van der Waals surface area contributed by atoms with E-state index in [2.05, 4.69) is 59.6 Å². The van der Waals surface area contributed by atoms with Crippen molar-refractivity contribution < 1.29 is 14.6 Å². The van der Waals surface area contributed by atoms with Crippen molar-refractivity contribution in [3.63, 3.8) is 0 Å². The molecule has 8 nitrogen and oxygen atoms in total. The number of ether oxygens (including phenoxy) is 1. The molecule has 0 unspecified atom stereocenters. The monoisotopic (exact) mass is 513 g/mol. The van der Waals surface area contributed by atoms with Gasteiger partial charge < -0.3 is 9.84 Å². The van der Waals surface area contributed by atoms with E-state index in [0.29, 0.717) is 37.7 Å². The summed E-state index contributed by atoms with van der Waals surface area (Å²) >= 11 is 0. The molecule has 0 bridgehead atoms. The molecule has 0 aliphatic heterocycles. The number of unbranched alkanes of at least 4 members (excludes halogenated alkanes) is 2. The normalized spacial score (nSPS) is 11.4. The summed E-state index contributed by atoms with van der Waals surface area (Å²) in [6.45, 7) is 5.39.